The summed E-state index contributed by atoms with van der Waals surface area (Å²) in [5.41, 5.74) is 0. The lowest BCUT2D eigenvalue weighted by molar-refractivity contribution is -0.359. The summed E-state index contributed by atoms with van der Waals surface area (Å²) in [5.74, 6) is -13.9. The minimum absolute atomic E-state index is 0.153. The van der Waals surface area contributed by atoms with E-state index < -0.39 is 23.9 Å². The zero-order valence-electron chi connectivity index (χ0n) is 6.80. The summed E-state index contributed by atoms with van der Waals surface area (Å²) in [7, 11) is 0. The average Bonchev–Trinajstić information content (AvgIpc) is 2.00. The lowest BCUT2D eigenvalue weighted by Gasteiger charge is -2.30. The van der Waals surface area contributed by atoms with Gasteiger partial charge in [-0.2, -0.15) is 30.7 Å². The highest BCUT2D eigenvalue weighted by Gasteiger charge is 2.74. The van der Waals surface area contributed by atoms with Gasteiger partial charge in [-0.15, -0.1) is 0 Å². The largest absolute Gasteiger partial charge is 0.459 e. The second-order valence-corrected chi connectivity index (χ2v) is 2.65. The van der Waals surface area contributed by atoms with Crippen molar-refractivity contribution in [3.8, 4) is 0 Å². The third kappa shape index (κ3) is 1.83. The molecule has 0 saturated carbocycles. The summed E-state index contributed by atoms with van der Waals surface area (Å²) >= 11 is 0. The van der Waals surface area contributed by atoms with Crippen LogP contribution in [0, 0.1) is 11.3 Å². The smallest absolute Gasteiger partial charge is 0.313 e. The quantitative estimate of drug-likeness (QED) is 0.563. The summed E-state index contributed by atoms with van der Waals surface area (Å²) < 4.78 is 83.8. The van der Waals surface area contributed by atoms with Crippen molar-refractivity contribution in [3.05, 3.63) is 0 Å². The van der Waals surface area contributed by atoms with Crippen molar-refractivity contribution in [3.63, 3.8) is 0 Å². The van der Waals surface area contributed by atoms with Gasteiger partial charge in [0.25, 0.3) is 0 Å². The Morgan fingerprint density at radius 2 is 1.36 bits per heavy atom. The number of rotatable bonds is 3. The first-order valence-electron chi connectivity index (χ1n) is 3.31. The van der Waals surface area contributed by atoms with Crippen molar-refractivity contribution in [1.29, 1.82) is 5.41 Å². The van der Waals surface area contributed by atoms with Crippen LogP contribution in [0.15, 0.2) is 0 Å². The van der Waals surface area contributed by atoms with Gasteiger partial charge >= 0.3 is 18.0 Å². The molecule has 0 aromatic heterocycles. The van der Waals surface area contributed by atoms with Crippen LogP contribution in [0.3, 0.4) is 0 Å². The van der Waals surface area contributed by atoms with Crippen LogP contribution in [-0.2, 0) is 0 Å². The summed E-state index contributed by atoms with van der Waals surface area (Å²) in [4.78, 5) is 0. The highest BCUT2D eigenvalue weighted by molar-refractivity contribution is 5.58. The lowest BCUT2D eigenvalue weighted by atomic mass is 9.98. The SMILES string of the molecule is CC(C=N)C(F)(F)C(F)(F)C(F)(F)F. The molecule has 0 spiro atoms. The maximum atomic E-state index is 12.5. The number of hydrogen-bond acceptors (Lipinski definition) is 1. The van der Waals surface area contributed by atoms with E-state index in [-0.39, 0.29) is 6.21 Å². The molecule has 1 atom stereocenters. The summed E-state index contributed by atoms with van der Waals surface area (Å²) in [6, 6.07) is 0. The van der Waals surface area contributed by atoms with Crippen molar-refractivity contribution in [2.45, 2.75) is 24.9 Å². The van der Waals surface area contributed by atoms with Gasteiger partial charge in [0, 0.05) is 6.21 Å². The van der Waals surface area contributed by atoms with E-state index in [0.717, 1.165) is 0 Å². The molecule has 8 heteroatoms. The molecule has 0 aliphatic heterocycles. The summed E-state index contributed by atoms with van der Waals surface area (Å²) in [5, 5.41) is 6.24. The van der Waals surface area contributed by atoms with Crippen LogP contribution in [0.5, 0.6) is 0 Å². The molecule has 0 radical (unpaired) electrons. The van der Waals surface area contributed by atoms with Crippen LogP contribution in [0.4, 0.5) is 30.7 Å². The molecule has 0 aromatic carbocycles. The molecular formula is C6H6F7N. The van der Waals surface area contributed by atoms with E-state index in [4.69, 9.17) is 5.41 Å². The fourth-order valence-corrected chi connectivity index (χ4v) is 0.580. The van der Waals surface area contributed by atoms with E-state index >= 15 is 0 Å². The normalized spacial score (nSPS) is 16.6. The average molecular weight is 225 g/mol. The first-order valence-corrected chi connectivity index (χ1v) is 3.31. The minimum Gasteiger partial charge on any atom is -0.313 e. The maximum absolute atomic E-state index is 12.5. The second-order valence-electron chi connectivity index (χ2n) is 2.65. The molecule has 1 nitrogen and oxygen atoms in total. The molecule has 1 N–H and O–H groups in total. The Hall–Kier alpha value is -0.820. The molecule has 1 unspecified atom stereocenters. The molecule has 0 aliphatic carbocycles. The van der Waals surface area contributed by atoms with Gasteiger partial charge in [0.1, 0.15) is 0 Å². The van der Waals surface area contributed by atoms with Crippen molar-refractivity contribution in [2.75, 3.05) is 0 Å². The topological polar surface area (TPSA) is 23.9 Å². The third-order valence-electron chi connectivity index (χ3n) is 1.60. The van der Waals surface area contributed by atoms with E-state index in [9.17, 15) is 30.7 Å². The number of halogens is 7. The molecule has 0 aromatic rings. The predicted molar refractivity (Wildman–Crippen MR) is 33.9 cm³/mol. The van der Waals surface area contributed by atoms with Gasteiger partial charge in [0.15, 0.2) is 0 Å². The first kappa shape index (κ1) is 13.2. The van der Waals surface area contributed by atoms with Crippen molar-refractivity contribution >= 4 is 6.21 Å². The minimum atomic E-state index is -6.33. The van der Waals surface area contributed by atoms with Gasteiger partial charge < -0.3 is 5.41 Å². The molecule has 0 heterocycles. The molecule has 0 rings (SSSR count). The van der Waals surface area contributed by atoms with Gasteiger partial charge in [0.2, 0.25) is 0 Å². The molecule has 0 amide bonds. The Morgan fingerprint density at radius 3 is 1.57 bits per heavy atom. The number of alkyl halides is 7. The van der Waals surface area contributed by atoms with Gasteiger partial charge in [-0.05, 0) is 0 Å². The van der Waals surface area contributed by atoms with Crippen LogP contribution in [-0.4, -0.2) is 24.2 Å². The standard InChI is InChI=1S/C6H6F7N/c1-3(2-14)4(7,8)5(9,10)6(11,12)13/h2-3,14H,1H3. The predicted octanol–water partition coefficient (Wildman–Crippen LogP) is 3.10. The lowest BCUT2D eigenvalue weighted by Crippen LogP contribution is -2.55. The molecular weight excluding hydrogens is 219 g/mol. The van der Waals surface area contributed by atoms with Crippen molar-refractivity contribution < 1.29 is 30.7 Å². The van der Waals surface area contributed by atoms with E-state index in [2.05, 4.69) is 0 Å². The molecule has 0 fully saturated rings. The van der Waals surface area contributed by atoms with Crippen molar-refractivity contribution in [1.82, 2.24) is 0 Å². The van der Waals surface area contributed by atoms with Crippen LogP contribution in [0.2, 0.25) is 0 Å². The highest BCUT2D eigenvalue weighted by Crippen LogP contribution is 2.49. The van der Waals surface area contributed by atoms with Gasteiger partial charge in [-0.3, -0.25) is 0 Å². The Kier molecular flexibility index (Phi) is 3.19. The fourth-order valence-electron chi connectivity index (χ4n) is 0.580. The molecule has 0 aliphatic rings. The Labute approximate surface area is 74.4 Å². The van der Waals surface area contributed by atoms with E-state index in [1.165, 1.54) is 0 Å². The molecule has 0 bridgehead atoms. The highest BCUT2D eigenvalue weighted by atomic mass is 19.4. The second kappa shape index (κ2) is 3.39. The zero-order chi connectivity index (χ0) is 11.8. The van der Waals surface area contributed by atoms with Crippen LogP contribution >= 0.6 is 0 Å². The Bertz CT molecular complexity index is 219. The molecule has 14 heavy (non-hydrogen) atoms. The van der Waals surface area contributed by atoms with Gasteiger partial charge in [0.05, 0.1) is 5.92 Å². The van der Waals surface area contributed by atoms with Crippen LogP contribution in [0.25, 0.3) is 0 Å². The van der Waals surface area contributed by atoms with Crippen LogP contribution in [0.1, 0.15) is 6.92 Å². The van der Waals surface area contributed by atoms with Gasteiger partial charge in [-0.25, -0.2) is 0 Å². The van der Waals surface area contributed by atoms with E-state index in [0.29, 0.717) is 6.92 Å². The monoisotopic (exact) mass is 225 g/mol. The zero-order valence-corrected chi connectivity index (χ0v) is 6.80. The third-order valence-corrected chi connectivity index (χ3v) is 1.60. The Balaban J connectivity index is 5.17. The summed E-state index contributed by atoms with van der Waals surface area (Å²) in [6.07, 6.45) is -6.48. The maximum Gasteiger partial charge on any atom is 0.459 e. The fraction of sp³-hybridized carbons (Fsp3) is 0.833. The summed E-state index contributed by atoms with van der Waals surface area (Å²) in [6.45, 7) is 0.409. The molecule has 84 valence electrons. The number of hydrogen-bond donors (Lipinski definition) is 1. The van der Waals surface area contributed by atoms with Gasteiger partial charge in [-0.1, -0.05) is 6.92 Å². The van der Waals surface area contributed by atoms with Crippen LogP contribution < -0.4 is 0 Å². The number of nitrogens with one attached hydrogen (secondary N) is 1. The van der Waals surface area contributed by atoms with Crippen molar-refractivity contribution in [2.24, 2.45) is 5.92 Å². The van der Waals surface area contributed by atoms with E-state index in [1.807, 2.05) is 0 Å². The van der Waals surface area contributed by atoms with E-state index in [1.54, 1.807) is 0 Å². The Morgan fingerprint density at radius 1 is 1.00 bits per heavy atom. The molecule has 0 saturated heterocycles. The first-order chi connectivity index (χ1) is 5.98.